The van der Waals surface area contributed by atoms with Gasteiger partial charge in [-0.25, -0.2) is 0 Å². The number of nitrogens with one attached hydrogen (secondary N) is 1. The Morgan fingerprint density at radius 3 is 2.88 bits per heavy atom. The number of halogens is 1. The van der Waals surface area contributed by atoms with E-state index in [9.17, 15) is 4.79 Å². The van der Waals surface area contributed by atoms with Crippen molar-refractivity contribution in [2.45, 2.75) is 0 Å². The summed E-state index contributed by atoms with van der Waals surface area (Å²) >= 11 is 6.81. The van der Waals surface area contributed by atoms with E-state index in [4.69, 9.17) is 17.3 Å². The summed E-state index contributed by atoms with van der Waals surface area (Å²) < 4.78 is 0. The lowest BCUT2D eigenvalue weighted by Crippen LogP contribution is -2.11. The Morgan fingerprint density at radius 2 is 2.25 bits per heavy atom. The lowest BCUT2D eigenvalue weighted by atomic mass is 10.3. The van der Waals surface area contributed by atoms with Crippen LogP contribution < -0.4 is 11.1 Å². The molecule has 16 heavy (non-hydrogen) atoms. The summed E-state index contributed by atoms with van der Waals surface area (Å²) in [5.74, 6) is -0.350. The van der Waals surface area contributed by atoms with Crippen molar-refractivity contribution in [3.05, 3.63) is 34.3 Å². The highest BCUT2D eigenvalue weighted by atomic mass is 35.5. The van der Waals surface area contributed by atoms with Gasteiger partial charge in [0.05, 0.1) is 0 Å². The molecule has 5 nitrogen and oxygen atoms in total. The van der Waals surface area contributed by atoms with Crippen molar-refractivity contribution in [2.75, 3.05) is 11.1 Å². The number of rotatable bonds is 2. The molecule has 1 amide bonds. The Morgan fingerprint density at radius 1 is 1.44 bits per heavy atom. The highest BCUT2D eigenvalue weighted by Gasteiger charge is 2.11. The molecule has 0 unspecified atom stereocenters. The number of hydrogen-bond acceptors (Lipinski definition) is 5. The molecule has 0 atom stereocenters. The monoisotopic (exact) mass is 254 g/mol. The van der Waals surface area contributed by atoms with Crippen LogP contribution in [0.15, 0.2) is 24.3 Å². The molecule has 1 aromatic carbocycles. The zero-order chi connectivity index (χ0) is 11.5. The molecule has 0 aliphatic rings. The van der Waals surface area contributed by atoms with Gasteiger partial charge in [0.2, 0.25) is 10.1 Å². The predicted molar refractivity (Wildman–Crippen MR) is 63.7 cm³/mol. The van der Waals surface area contributed by atoms with Crippen LogP contribution in [0.2, 0.25) is 5.02 Å². The fourth-order valence-corrected chi connectivity index (χ4v) is 1.77. The van der Waals surface area contributed by atoms with Crippen LogP contribution in [0.25, 0.3) is 0 Å². The van der Waals surface area contributed by atoms with E-state index in [-0.39, 0.29) is 16.0 Å². The van der Waals surface area contributed by atoms with Crippen molar-refractivity contribution in [1.29, 1.82) is 0 Å². The van der Waals surface area contributed by atoms with Crippen LogP contribution in [0.5, 0.6) is 0 Å². The standard InChI is InChI=1S/C9H7ClN4OS/c10-5-2-1-3-6(4-5)12-7(15)8-13-14-9(11)16-8/h1-4H,(H2,11,14)(H,12,15). The molecule has 1 heterocycles. The van der Waals surface area contributed by atoms with Gasteiger partial charge in [-0.2, -0.15) is 0 Å². The molecule has 0 spiro atoms. The van der Waals surface area contributed by atoms with Crippen LogP contribution >= 0.6 is 22.9 Å². The molecule has 0 aliphatic heterocycles. The van der Waals surface area contributed by atoms with Crippen molar-refractivity contribution in [3.63, 3.8) is 0 Å². The Kier molecular flexibility index (Phi) is 3.02. The maximum atomic E-state index is 11.6. The van der Waals surface area contributed by atoms with Gasteiger partial charge in [-0.3, -0.25) is 4.79 Å². The van der Waals surface area contributed by atoms with E-state index in [0.717, 1.165) is 11.3 Å². The van der Waals surface area contributed by atoms with Gasteiger partial charge in [-0.1, -0.05) is 29.0 Å². The quantitative estimate of drug-likeness (QED) is 0.859. The second-order valence-electron chi connectivity index (χ2n) is 2.91. The smallest absolute Gasteiger partial charge is 0.286 e. The van der Waals surface area contributed by atoms with Gasteiger partial charge in [0.15, 0.2) is 0 Å². The van der Waals surface area contributed by atoms with Crippen molar-refractivity contribution >= 4 is 39.7 Å². The summed E-state index contributed by atoms with van der Waals surface area (Å²) in [5.41, 5.74) is 5.98. The third-order valence-electron chi connectivity index (χ3n) is 1.72. The molecule has 2 rings (SSSR count). The minimum absolute atomic E-state index is 0.220. The molecule has 3 N–H and O–H groups in total. The summed E-state index contributed by atoms with van der Waals surface area (Å²) in [6.45, 7) is 0. The van der Waals surface area contributed by atoms with E-state index in [1.807, 2.05) is 0 Å². The van der Waals surface area contributed by atoms with E-state index in [1.54, 1.807) is 24.3 Å². The summed E-state index contributed by atoms with van der Waals surface area (Å²) in [7, 11) is 0. The van der Waals surface area contributed by atoms with Crippen LogP contribution in [0.3, 0.4) is 0 Å². The Bertz CT molecular complexity index is 528. The Balaban J connectivity index is 2.13. The first-order valence-electron chi connectivity index (χ1n) is 4.31. The molecule has 0 saturated carbocycles. The highest BCUT2D eigenvalue weighted by Crippen LogP contribution is 2.17. The maximum absolute atomic E-state index is 11.6. The molecular formula is C9H7ClN4OS. The number of amides is 1. The number of aromatic nitrogens is 2. The Labute approximate surface area is 100 Å². The van der Waals surface area contributed by atoms with Crippen molar-refractivity contribution in [3.8, 4) is 0 Å². The summed E-state index contributed by atoms with van der Waals surface area (Å²) in [5, 5.41) is 10.9. The van der Waals surface area contributed by atoms with Gasteiger partial charge in [0.1, 0.15) is 0 Å². The second kappa shape index (κ2) is 4.46. The van der Waals surface area contributed by atoms with Gasteiger partial charge in [0, 0.05) is 10.7 Å². The highest BCUT2D eigenvalue weighted by molar-refractivity contribution is 7.16. The van der Waals surface area contributed by atoms with Gasteiger partial charge in [-0.15, -0.1) is 10.2 Å². The average Bonchev–Trinajstić information content (AvgIpc) is 2.65. The molecule has 7 heteroatoms. The Hall–Kier alpha value is -1.66. The fourth-order valence-electron chi connectivity index (χ4n) is 1.08. The van der Waals surface area contributed by atoms with Gasteiger partial charge in [-0.05, 0) is 18.2 Å². The molecule has 0 saturated heterocycles. The van der Waals surface area contributed by atoms with Crippen LogP contribution in [-0.4, -0.2) is 16.1 Å². The SMILES string of the molecule is Nc1nnc(C(=O)Nc2cccc(Cl)c2)s1. The maximum Gasteiger partial charge on any atom is 0.286 e. The van der Waals surface area contributed by atoms with Crippen LogP contribution in [-0.2, 0) is 0 Å². The van der Waals surface area contributed by atoms with Crippen molar-refractivity contribution in [2.24, 2.45) is 0 Å². The van der Waals surface area contributed by atoms with Crippen LogP contribution in [0.4, 0.5) is 10.8 Å². The summed E-state index contributed by atoms with van der Waals surface area (Å²) in [6.07, 6.45) is 0. The first-order chi connectivity index (χ1) is 7.65. The second-order valence-corrected chi connectivity index (χ2v) is 4.36. The normalized spacial score (nSPS) is 10.1. The summed E-state index contributed by atoms with van der Waals surface area (Å²) in [4.78, 5) is 11.6. The van der Waals surface area contributed by atoms with E-state index < -0.39 is 0 Å². The minimum Gasteiger partial charge on any atom is -0.374 e. The minimum atomic E-state index is -0.350. The number of nitrogens with two attached hydrogens (primary N) is 1. The number of hydrogen-bond donors (Lipinski definition) is 2. The number of carbonyl (C=O) groups excluding carboxylic acids is 1. The molecule has 82 valence electrons. The molecular weight excluding hydrogens is 248 g/mol. The zero-order valence-corrected chi connectivity index (χ0v) is 9.55. The number of anilines is 2. The van der Waals surface area contributed by atoms with E-state index >= 15 is 0 Å². The lowest BCUT2D eigenvalue weighted by Gasteiger charge is -2.02. The van der Waals surface area contributed by atoms with Crippen LogP contribution in [0.1, 0.15) is 9.80 Å². The molecule has 0 bridgehead atoms. The number of nitrogens with zero attached hydrogens (tertiary/aromatic N) is 2. The predicted octanol–water partition coefficient (Wildman–Crippen LogP) is 2.03. The van der Waals surface area contributed by atoms with E-state index in [0.29, 0.717) is 10.7 Å². The van der Waals surface area contributed by atoms with Gasteiger partial charge >= 0.3 is 0 Å². The first-order valence-corrected chi connectivity index (χ1v) is 5.50. The third kappa shape index (κ3) is 2.47. The molecule has 1 aromatic heterocycles. The molecule has 0 fully saturated rings. The third-order valence-corrected chi connectivity index (χ3v) is 2.70. The van der Waals surface area contributed by atoms with Gasteiger partial charge < -0.3 is 11.1 Å². The molecule has 0 radical (unpaired) electrons. The zero-order valence-electron chi connectivity index (χ0n) is 7.98. The summed E-state index contributed by atoms with van der Waals surface area (Å²) in [6, 6.07) is 6.84. The number of carbonyl (C=O) groups is 1. The lowest BCUT2D eigenvalue weighted by molar-refractivity contribution is 0.102. The van der Waals surface area contributed by atoms with Gasteiger partial charge in [0.25, 0.3) is 5.91 Å². The van der Waals surface area contributed by atoms with E-state index in [2.05, 4.69) is 15.5 Å². The topological polar surface area (TPSA) is 80.9 Å². The van der Waals surface area contributed by atoms with E-state index in [1.165, 1.54) is 0 Å². The molecule has 0 aliphatic carbocycles. The average molecular weight is 255 g/mol. The van der Waals surface area contributed by atoms with Crippen molar-refractivity contribution in [1.82, 2.24) is 10.2 Å². The fraction of sp³-hybridized carbons (Fsp3) is 0. The van der Waals surface area contributed by atoms with Crippen LogP contribution in [0, 0.1) is 0 Å². The number of benzene rings is 1. The number of nitrogen functional groups attached to an aromatic ring is 1. The van der Waals surface area contributed by atoms with Crippen molar-refractivity contribution < 1.29 is 4.79 Å². The molecule has 2 aromatic rings. The first kappa shape index (κ1) is 10.8. The largest absolute Gasteiger partial charge is 0.374 e.